The molecule has 4 nitrogen and oxygen atoms in total. The van der Waals surface area contributed by atoms with Crippen LogP contribution in [0.3, 0.4) is 0 Å². The molecule has 3 aromatic rings. The number of hydrogen-bond donors (Lipinski definition) is 1. The van der Waals surface area contributed by atoms with Crippen molar-refractivity contribution in [1.82, 2.24) is 4.98 Å². The van der Waals surface area contributed by atoms with Gasteiger partial charge in [0.1, 0.15) is 17.3 Å². The zero-order valence-corrected chi connectivity index (χ0v) is 13.3. The number of nitrogens with one attached hydrogen (secondary N) is 1. The number of amides is 1. The lowest BCUT2D eigenvalue weighted by Crippen LogP contribution is -2.12. The molecule has 1 heterocycles. The van der Waals surface area contributed by atoms with Crippen LogP contribution >= 0.6 is 0 Å². The molecule has 132 valence electrons. The fourth-order valence-corrected chi connectivity index (χ4v) is 2.20. The van der Waals surface area contributed by atoms with Gasteiger partial charge in [-0.3, -0.25) is 4.79 Å². The number of alkyl halides is 3. The molecule has 1 N–H and O–H groups in total. The summed E-state index contributed by atoms with van der Waals surface area (Å²) < 4.78 is 43.8. The molecule has 7 heteroatoms. The Morgan fingerprint density at radius 3 is 2.35 bits per heavy atom. The molecule has 0 radical (unpaired) electrons. The van der Waals surface area contributed by atoms with E-state index < -0.39 is 17.6 Å². The topological polar surface area (TPSA) is 51.2 Å². The van der Waals surface area contributed by atoms with Crippen LogP contribution in [-0.2, 0) is 6.18 Å². The second kappa shape index (κ2) is 7.26. The van der Waals surface area contributed by atoms with Crippen molar-refractivity contribution < 1.29 is 22.7 Å². The van der Waals surface area contributed by atoms with Gasteiger partial charge in [0.25, 0.3) is 5.91 Å². The Hall–Kier alpha value is -3.35. The second-order valence-corrected chi connectivity index (χ2v) is 5.32. The first kappa shape index (κ1) is 17.5. The molecular formula is C19H13F3N2O2. The predicted octanol–water partition coefficient (Wildman–Crippen LogP) is 5.15. The van der Waals surface area contributed by atoms with Crippen molar-refractivity contribution in [3.63, 3.8) is 0 Å². The van der Waals surface area contributed by atoms with Gasteiger partial charge in [-0.25, -0.2) is 4.98 Å². The van der Waals surface area contributed by atoms with Crippen LogP contribution in [0.2, 0.25) is 0 Å². The van der Waals surface area contributed by atoms with Crippen molar-refractivity contribution in [3.05, 3.63) is 84.1 Å². The van der Waals surface area contributed by atoms with Gasteiger partial charge in [-0.2, -0.15) is 13.2 Å². The van der Waals surface area contributed by atoms with E-state index in [0.29, 0.717) is 11.4 Å². The number of hydrogen-bond acceptors (Lipinski definition) is 3. The molecular weight excluding hydrogens is 345 g/mol. The van der Waals surface area contributed by atoms with E-state index in [9.17, 15) is 18.0 Å². The number of pyridine rings is 1. The molecule has 3 rings (SSSR count). The minimum Gasteiger partial charge on any atom is -0.457 e. The maximum absolute atomic E-state index is 12.8. The van der Waals surface area contributed by atoms with E-state index in [2.05, 4.69) is 10.3 Å². The first-order chi connectivity index (χ1) is 12.4. The average molecular weight is 358 g/mol. The van der Waals surface area contributed by atoms with Crippen LogP contribution in [0.4, 0.5) is 19.0 Å². The van der Waals surface area contributed by atoms with Crippen LogP contribution in [0.5, 0.6) is 11.5 Å². The summed E-state index contributed by atoms with van der Waals surface area (Å²) in [7, 11) is 0. The van der Waals surface area contributed by atoms with Gasteiger partial charge in [0, 0.05) is 11.8 Å². The standard InChI is InChI=1S/C19H13F3N2O2/c20-19(21,22)14-6-4-8-16(12-14)26-15-7-3-5-13(11-15)18(25)24-17-9-1-2-10-23-17/h1-12H,(H,23,24,25). The van der Waals surface area contributed by atoms with Crippen LogP contribution < -0.4 is 10.1 Å². The lowest BCUT2D eigenvalue weighted by molar-refractivity contribution is -0.137. The molecule has 1 aromatic heterocycles. The Morgan fingerprint density at radius 2 is 1.65 bits per heavy atom. The molecule has 0 aliphatic rings. The van der Waals surface area contributed by atoms with Gasteiger partial charge >= 0.3 is 6.18 Å². The fraction of sp³-hybridized carbons (Fsp3) is 0.0526. The van der Waals surface area contributed by atoms with Crippen molar-refractivity contribution in [2.75, 3.05) is 5.32 Å². The normalized spacial score (nSPS) is 11.0. The van der Waals surface area contributed by atoms with E-state index >= 15 is 0 Å². The second-order valence-electron chi connectivity index (χ2n) is 5.32. The van der Waals surface area contributed by atoms with Gasteiger partial charge in [-0.05, 0) is 48.5 Å². The number of rotatable bonds is 4. The van der Waals surface area contributed by atoms with Crippen LogP contribution in [-0.4, -0.2) is 10.9 Å². The Bertz CT molecular complexity index is 912. The lowest BCUT2D eigenvalue weighted by atomic mass is 10.2. The average Bonchev–Trinajstić information content (AvgIpc) is 2.62. The molecule has 0 aliphatic carbocycles. The Morgan fingerprint density at radius 1 is 0.923 bits per heavy atom. The molecule has 0 unspecified atom stereocenters. The monoisotopic (exact) mass is 358 g/mol. The summed E-state index contributed by atoms with van der Waals surface area (Å²) in [6.07, 6.45) is -2.91. The van der Waals surface area contributed by atoms with Crippen molar-refractivity contribution in [3.8, 4) is 11.5 Å². The molecule has 0 saturated carbocycles. The van der Waals surface area contributed by atoms with E-state index in [1.807, 2.05) is 0 Å². The molecule has 0 spiro atoms. The minimum absolute atomic E-state index is 0.0297. The maximum Gasteiger partial charge on any atom is 0.416 e. The third-order valence-electron chi connectivity index (χ3n) is 3.40. The number of ether oxygens (including phenoxy) is 1. The molecule has 26 heavy (non-hydrogen) atoms. The Labute approximate surface area is 147 Å². The van der Waals surface area contributed by atoms with Gasteiger partial charge in [0.2, 0.25) is 0 Å². The smallest absolute Gasteiger partial charge is 0.416 e. The van der Waals surface area contributed by atoms with Crippen molar-refractivity contribution in [1.29, 1.82) is 0 Å². The van der Waals surface area contributed by atoms with E-state index in [-0.39, 0.29) is 11.5 Å². The summed E-state index contributed by atoms with van der Waals surface area (Å²) in [5.74, 6) is 0.264. The summed E-state index contributed by atoms with van der Waals surface area (Å²) >= 11 is 0. The van der Waals surface area contributed by atoms with Gasteiger partial charge in [0.05, 0.1) is 5.56 Å². The zero-order chi connectivity index (χ0) is 18.6. The van der Waals surface area contributed by atoms with Crippen LogP contribution in [0.25, 0.3) is 0 Å². The summed E-state index contributed by atoms with van der Waals surface area (Å²) in [5, 5.41) is 2.62. The summed E-state index contributed by atoms with van der Waals surface area (Å²) in [5.41, 5.74) is -0.515. The fourth-order valence-electron chi connectivity index (χ4n) is 2.20. The number of nitrogens with zero attached hydrogens (tertiary/aromatic N) is 1. The Balaban J connectivity index is 1.76. The number of anilines is 1. The number of halogens is 3. The molecule has 1 amide bonds. The predicted molar refractivity (Wildman–Crippen MR) is 90.2 cm³/mol. The van der Waals surface area contributed by atoms with E-state index in [4.69, 9.17) is 4.74 Å². The number of carbonyl (C=O) groups excluding carboxylic acids is 1. The van der Waals surface area contributed by atoms with Crippen LogP contribution in [0.1, 0.15) is 15.9 Å². The molecule has 2 aromatic carbocycles. The number of carbonyl (C=O) groups is 1. The number of benzene rings is 2. The molecule has 0 atom stereocenters. The van der Waals surface area contributed by atoms with Crippen LogP contribution in [0.15, 0.2) is 72.9 Å². The highest BCUT2D eigenvalue weighted by molar-refractivity contribution is 6.03. The molecule has 0 fully saturated rings. The van der Waals surface area contributed by atoms with Crippen molar-refractivity contribution in [2.24, 2.45) is 0 Å². The highest BCUT2D eigenvalue weighted by atomic mass is 19.4. The van der Waals surface area contributed by atoms with Gasteiger partial charge in [0.15, 0.2) is 0 Å². The third-order valence-corrected chi connectivity index (χ3v) is 3.40. The third kappa shape index (κ3) is 4.38. The van der Waals surface area contributed by atoms with Gasteiger partial charge in [-0.15, -0.1) is 0 Å². The van der Waals surface area contributed by atoms with Gasteiger partial charge < -0.3 is 10.1 Å². The summed E-state index contributed by atoms with van der Waals surface area (Å²) in [6, 6.07) is 15.8. The van der Waals surface area contributed by atoms with E-state index in [1.165, 1.54) is 18.2 Å². The quantitative estimate of drug-likeness (QED) is 0.702. The zero-order valence-electron chi connectivity index (χ0n) is 13.3. The van der Waals surface area contributed by atoms with Crippen molar-refractivity contribution in [2.45, 2.75) is 6.18 Å². The van der Waals surface area contributed by atoms with Crippen LogP contribution in [0, 0.1) is 0 Å². The largest absolute Gasteiger partial charge is 0.457 e. The highest BCUT2D eigenvalue weighted by Gasteiger charge is 2.30. The first-order valence-corrected chi connectivity index (χ1v) is 7.59. The molecule has 0 saturated heterocycles. The molecule has 0 aliphatic heterocycles. The van der Waals surface area contributed by atoms with E-state index in [0.717, 1.165) is 12.1 Å². The molecule has 0 bridgehead atoms. The highest BCUT2D eigenvalue weighted by Crippen LogP contribution is 2.32. The van der Waals surface area contributed by atoms with E-state index in [1.54, 1.807) is 42.6 Å². The minimum atomic E-state index is -4.45. The number of aromatic nitrogens is 1. The maximum atomic E-state index is 12.8. The summed E-state index contributed by atoms with van der Waals surface area (Å²) in [4.78, 5) is 16.2. The SMILES string of the molecule is O=C(Nc1ccccn1)c1cccc(Oc2cccc(C(F)(F)F)c2)c1. The summed E-state index contributed by atoms with van der Waals surface area (Å²) in [6.45, 7) is 0. The van der Waals surface area contributed by atoms with Gasteiger partial charge in [-0.1, -0.05) is 18.2 Å². The Kier molecular flexibility index (Phi) is 4.88. The lowest BCUT2D eigenvalue weighted by Gasteiger charge is -2.11. The van der Waals surface area contributed by atoms with Crippen molar-refractivity contribution >= 4 is 11.7 Å². The first-order valence-electron chi connectivity index (χ1n) is 7.59.